The van der Waals surface area contributed by atoms with Crippen LogP contribution in [0.25, 0.3) is 54.9 Å². The molecule has 174 valence electrons. The predicted octanol–water partition coefficient (Wildman–Crippen LogP) is 9.02. The molecule has 6 rings (SSSR count). The summed E-state index contributed by atoms with van der Waals surface area (Å²) < 4.78 is 0. The summed E-state index contributed by atoms with van der Waals surface area (Å²) in [5, 5.41) is 26.1. The second kappa shape index (κ2) is 8.58. The molecule has 0 radical (unpaired) electrons. The van der Waals surface area contributed by atoms with Crippen molar-refractivity contribution in [2.75, 3.05) is 0 Å². The molecule has 0 amide bonds. The first-order valence-corrected chi connectivity index (χ1v) is 12.1. The first-order valence-electron chi connectivity index (χ1n) is 12.1. The Balaban J connectivity index is 1.63. The second-order valence-electron chi connectivity index (χ2n) is 9.52. The van der Waals surface area contributed by atoms with Crippen molar-refractivity contribution >= 4 is 21.5 Å². The third-order valence-corrected chi connectivity index (χ3v) is 7.02. The van der Waals surface area contributed by atoms with Gasteiger partial charge in [-0.2, -0.15) is 0 Å². The molecular formula is C34H26O2. The predicted molar refractivity (Wildman–Crippen MR) is 151 cm³/mol. The van der Waals surface area contributed by atoms with Gasteiger partial charge in [-0.3, -0.25) is 0 Å². The van der Waals surface area contributed by atoms with E-state index in [1.54, 1.807) is 12.1 Å². The van der Waals surface area contributed by atoms with Gasteiger partial charge in [0.15, 0.2) is 0 Å². The lowest BCUT2D eigenvalue weighted by Gasteiger charge is -2.16. The molecule has 0 aromatic heterocycles. The van der Waals surface area contributed by atoms with Gasteiger partial charge in [0.1, 0.15) is 11.5 Å². The highest BCUT2D eigenvalue weighted by Crippen LogP contribution is 2.46. The Hall–Kier alpha value is -4.56. The van der Waals surface area contributed by atoms with Crippen molar-refractivity contribution in [3.8, 4) is 44.9 Å². The van der Waals surface area contributed by atoms with Gasteiger partial charge in [0.05, 0.1) is 0 Å². The van der Waals surface area contributed by atoms with Crippen LogP contribution in [0.15, 0.2) is 109 Å². The zero-order valence-corrected chi connectivity index (χ0v) is 20.3. The molecule has 0 heterocycles. The maximum Gasteiger partial charge on any atom is 0.124 e. The quantitative estimate of drug-likeness (QED) is 0.273. The number of fused-ring (bicyclic) bond motifs is 2. The summed E-state index contributed by atoms with van der Waals surface area (Å²) in [5.74, 6) is 0.291. The zero-order chi connectivity index (χ0) is 24.8. The molecule has 0 aliphatic carbocycles. The minimum atomic E-state index is 0.145. The van der Waals surface area contributed by atoms with Crippen LogP contribution in [-0.4, -0.2) is 10.2 Å². The van der Waals surface area contributed by atoms with Crippen molar-refractivity contribution in [2.24, 2.45) is 0 Å². The first-order chi connectivity index (χ1) is 17.5. The lowest BCUT2D eigenvalue weighted by Crippen LogP contribution is -1.89. The van der Waals surface area contributed by atoms with Gasteiger partial charge in [0.2, 0.25) is 0 Å². The maximum atomic E-state index is 11.1. The van der Waals surface area contributed by atoms with Crippen molar-refractivity contribution in [1.82, 2.24) is 0 Å². The van der Waals surface area contributed by atoms with Gasteiger partial charge in [0.25, 0.3) is 0 Å². The Morgan fingerprint density at radius 3 is 1.11 bits per heavy atom. The third kappa shape index (κ3) is 3.77. The van der Waals surface area contributed by atoms with E-state index in [9.17, 15) is 10.2 Å². The Labute approximate surface area is 210 Å². The standard InChI is InChI=1S/C34H26O2/c1-21-3-7-23(8-4-21)27-13-11-25-15-17-31(35)33(29(25)19-27)34-30-20-28(24-9-5-22(2)6-10-24)14-12-26(30)16-18-32(34)36/h3-20,35-36H,1-2H3. The normalized spacial score (nSPS) is 11.3. The van der Waals surface area contributed by atoms with E-state index < -0.39 is 0 Å². The highest BCUT2D eigenvalue weighted by Gasteiger charge is 2.18. The zero-order valence-electron chi connectivity index (χ0n) is 20.3. The van der Waals surface area contributed by atoms with Gasteiger partial charge in [-0.05, 0) is 81.9 Å². The minimum absolute atomic E-state index is 0.145. The number of aromatic hydroxyl groups is 2. The van der Waals surface area contributed by atoms with Gasteiger partial charge < -0.3 is 10.2 Å². The smallest absolute Gasteiger partial charge is 0.124 e. The van der Waals surface area contributed by atoms with Crippen LogP contribution in [0.2, 0.25) is 0 Å². The number of hydrogen-bond acceptors (Lipinski definition) is 2. The molecule has 2 heteroatoms. The Kier molecular flexibility index (Phi) is 5.23. The fourth-order valence-corrected chi connectivity index (χ4v) is 4.99. The molecule has 2 N–H and O–H groups in total. The van der Waals surface area contributed by atoms with Crippen molar-refractivity contribution in [1.29, 1.82) is 0 Å². The van der Waals surface area contributed by atoms with E-state index >= 15 is 0 Å². The summed E-state index contributed by atoms with van der Waals surface area (Å²) in [5.41, 5.74) is 8.06. The second-order valence-corrected chi connectivity index (χ2v) is 9.52. The van der Waals surface area contributed by atoms with Gasteiger partial charge >= 0.3 is 0 Å². The SMILES string of the molecule is Cc1ccc(-c2ccc3ccc(O)c(-c4c(O)ccc5ccc(-c6ccc(C)cc6)cc45)c3c2)cc1. The molecule has 0 saturated heterocycles. The highest BCUT2D eigenvalue weighted by molar-refractivity contribution is 6.11. The first kappa shape index (κ1) is 21.9. The number of hydrogen-bond donors (Lipinski definition) is 2. The summed E-state index contributed by atoms with van der Waals surface area (Å²) in [6.07, 6.45) is 0. The average Bonchev–Trinajstić information content (AvgIpc) is 2.89. The lowest BCUT2D eigenvalue weighted by atomic mass is 9.89. The summed E-state index contributed by atoms with van der Waals surface area (Å²) in [6.45, 7) is 4.16. The van der Waals surface area contributed by atoms with Crippen LogP contribution in [0.5, 0.6) is 11.5 Å². The fourth-order valence-electron chi connectivity index (χ4n) is 4.99. The van der Waals surface area contributed by atoms with E-state index in [0.29, 0.717) is 11.1 Å². The topological polar surface area (TPSA) is 40.5 Å². The van der Waals surface area contributed by atoms with E-state index in [1.165, 1.54) is 11.1 Å². The molecule has 0 atom stereocenters. The van der Waals surface area contributed by atoms with Crippen molar-refractivity contribution < 1.29 is 10.2 Å². The average molecular weight is 467 g/mol. The highest BCUT2D eigenvalue weighted by atomic mass is 16.3. The number of rotatable bonds is 3. The van der Waals surface area contributed by atoms with Crippen molar-refractivity contribution in [3.05, 3.63) is 120 Å². The summed E-state index contributed by atoms with van der Waals surface area (Å²) in [6, 6.07) is 36.7. The molecule has 0 spiro atoms. The van der Waals surface area contributed by atoms with Crippen molar-refractivity contribution in [3.63, 3.8) is 0 Å². The van der Waals surface area contributed by atoms with E-state index in [4.69, 9.17) is 0 Å². The monoisotopic (exact) mass is 466 g/mol. The third-order valence-electron chi connectivity index (χ3n) is 7.02. The number of benzene rings is 6. The molecule has 0 fully saturated rings. The van der Waals surface area contributed by atoms with Crippen LogP contribution in [0, 0.1) is 13.8 Å². The number of phenols is 2. The van der Waals surface area contributed by atoms with Crippen molar-refractivity contribution in [2.45, 2.75) is 13.8 Å². The van der Waals surface area contributed by atoms with Crippen LogP contribution in [0.1, 0.15) is 11.1 Å². The molecule has 2 nitrogen and oxygen atoms in total. The summed E-state index contributed by atoms with van der Waals surface area (Å²) in [4.78, 5) is 0. The van der Waals surface area contributed by atoms with E-state index in [2.05, 4.69) is 98.8 Å². The Bertz CT molecular complexity index is 1610. The molecule has 36 heavy (non-hydrogen) atoms. The van der Waals surface area contributed by atoms with E-state index in [1.807, 2.05) is 12.1 Å². The molecule has 0 saturated carbocycles. The van der Waals surface area contributed by atoms with Gasteiger partial charge in [-0.15, -0.1) is 0 Å². The molecule has 6 aromatic rings. The number of phenolic OH excluding ortho intramolecular Hbond substituents is 2. The summed E-state index contributed by atoms with van der Waals surface area (Å²) >= 11 is 0. The van der Waals surface area contributed by atoms with Crippen LogP contribution < -0.4 is 0 Å². The molecule has 6 aromatic carbocycles. The van der Waals surface area contributed by atoms with Crippen LogP contribution in [0.4, 0.5) is 0 Å². The Morgan fingerprint density at radius 2 is 0.722 bits per heavy atom. The van der Waals surface area contributed by atoms with E-state index in [0.717, 1.165) is 43.8 Å². The van der Waals surface area contributed by atoms with Crippen LogP contribution in [0.3, 0.4) is 0 Å². The van der Waals surface area contributed by atoms with E-state index in [-0.39, 0.29) is 11.5 Å². The molecule has 0 bridgehead atoms. The van der Waals surface area contributed by atoms with Gasteiger partial charge in [-0.25, -0.2) is 0 Å². The Morgan fingerprint density at radius 1 is 0.389 bits per heavy atom. The molecular weight excluding hydrogens is 440 g/mol. The minimum Gasteiger partial charge on any atom is -0.507 e. The van der Waals surface area contributed by atoms with Crippen LogP contribution >= 0.6 is 0 Å². The number of aryl methyl sites for hydroxylation is 2. The van der Waals surface area contributed by atoms with Gasteiger partial charge in [-0.1, -0.05) is 96.1 Å². The summed E-state index contributed by atoms with van der Waals surface area (Å²) in [7, 11) is 0. The van der Waals surface area contributed by atoms with Crippen LogP contribution in [-0.2, 0) is 0 Å². The lowest BCUT2D eigenvalue weighted by molar-refractivity contribution is 0.470. The molecule has 0 aliphatic rings. The largest absolute Gasteiger partial charge is 0.507 e. The molecule has 0 aliphatic heterocycles. The van der Waals surface area contributed by atoms with Gasteiger partial charge in [0, 0.05) is 11.1 Å². The fraction of sp³-hybridized carbons (Fsp3) is 0.0588. The molecule has 0 unspecified atom stereocenters. The maximum absolute atomic E-state index is 11.1.